The van der Waals surface area contributed by atoms with Gasteiger partial charge in [-0.2, -0.15) is 5.10 Å². The normalized spacial score (nSPS) is 10.6. The highest BCUT2D eigenvalue weighted by atomic mass is 127. The number of halogens is 1. The number of methoxy groups -OCH3 is 1. The molecule has 0 saturated carbocycles. The molecule has 7 heteroatoms. The SMILES string of the molecule is COc1cccc(COc2ccccc2/C=N/NC(=O)COc2ccc(I)cc2)c1. The van der Waals surface area contributed by atoms with Crippen molar-refractivity contribution in [3.63, 3.8) is 0 Å². The van der Waals surface area contributed by atoms with Crippen LogP contribution in [0.1, 0.15) is 11.1 Å². The molecule has 0 aliphatic carbocycles. The number of ether oxygens (including phenoxy) is 3. The Morgan fingerprint density at radius 3 is 2.60 bits per heavy atom. The zero-order chi connectivity index (χ0) is 21.2. The van der Waals surface area contributed by atoms with Gasteiger partial charge in [-0.05, 0) is 76.7 Å². The summed E-state index contributed by atoms with van der Waals surface area (Å²) in [5, 5.41) is 4.01. The number of hydrogen-bond donors (Lipinski definition) is 1. The van der Waals surface area contributed by atoms with Gasteiger partial charge in [-0.15, -0.1) is 0 Å². The Morgan fingerprint density at radius 1 is 1.00 bits per heavy atom. The second-order valence-corrected chi connectivity index (χ2v) is 7.46. The fraction of sp³-hybridized carbons (Fsp3) is 0.130. The summed E-state index contributed by atoms with van der Waals surface area (Å²) in [7, 11) is 1.63. The van der Waals surface area contributed by atoms with Gasteiger partial charge in [0.2, 0.25) is 0 Å². The summed E-state index contributed by atoms with van der Waals surface area (Å²) in [4.78, 5) is 11.9. The number of carbonyl (C=O) groups is 1. The molecule has 0 radical (unpaired) electrons. The molecule has 6 nitrogen and oxygen atoms in total. The zero-order valence-corrected chi connectivity index (χ0v) is 18.5. The molecule has 0 bridgehead atoms. The van der Waals surface area contributed by atoms with E-state index in [0.717, 1.165) is 20.4 Å². The standard InChI is InChI=1S/C23H21IN2O4/c1-28-21-7-4-5-17(13-21)15-30-22-8-3-2-6-18(22)14-25-26-23(27)16-29-20-11-9-19(24)10-12-20/h2-14H,15-16H2,1H3,(H,26,27)/b25-14+. The fourth-order valence-corrected chi connectivity index (χ4v) is 2.89. The lowest BCUT2D eigenvalue weighted by Crippen LogP contribution is -2.24. The van der Waals surface area contributed by atoms with E-state index in [-0.39, 0.29) is 12.5 Å². The average molecular weight is 516 g/mol. The largest absolute Gasteiger partial charge is 0.497 e. The topological polar surface area (TPSA) is 69.2 Å². The minimum absolute atomic E-state index is 0.119. The van der Waals surface area contributed by atoms with E-state index in [9.17, 15) is 4.79 Å². The van der Waals surface area contributed by atoms with E-state index in [1.54, 1.807) is 13.3 Å². The molecule has 1 N–H and O–H groups in total. The predicted molar refractivity (Wildman–Crippen MR) is 124 cm³/mol. The Labute approximate surface area is 189 Å². The Bertz CT molecular complexity index is 1010. The van der Waals surface area contributed by atoms with Crippen molar-refractivity contribution in [1.29, 1.82) is 0 Å². The molecule has 0 unspecified atom stereocenters. The molecule has 0 spiro atoms. The molecule has 0 saturated heterocycles. The highest BCUT2D eigenvalue weighted by Gasteiger charge is 2.04. The predicted octanol–water partition coefficient (Wildman–Crippen LogP) is 4.41. The number of benzene rings is 3. The van der Waals surface area contributed by atoms with Crippen molar-refractivity contribution in [1.82, 2.24) is 5.43 Å². The van der Waals surface area contributed by atoms with Gasteiger partial charge in [-0.3, -0.25) is 4.79 Å². The van der Waals surface area contributed by atoms with Crippen LogP contribution in [0.15, 0.2) is 77.9 Å². The summed E-state index contributed by atoms with van der Waals surface area (Å²) in [6.45, 7) is 0.268. The van der Waals surface area contributed by atoms with Crippen LogP contribution in [-0.2, 0) is 11.4 Å². The number of para-hydroxylation sites is 1. The third kappa shape index (κ3) is 6.77. The van der Waals surface area contributed by atoms with Crippen LogP contribution in [0, 0.1) is 3.57 Å². The van der Waals surface area contributed by atoms with Gasteiger partial charge in [-0.25, -0.2) is 5.43 Å². The van der Waals surface area contributed by atoms with Gasteiger partial charge in [0.15, 0.2) is 6.61 Å². The van der Waals surface area contributed by atoms with E-state index < -0.39 is 0 Å². The number of hydrazone groups is 1. The zero-order valence-electron chi connectivity index (χ0n) is 16.4. The van der Waals surface area contributed by atoms with Crippen molar-refractivity contribution < 1.29 is 19.0 Å². The van der Waals surface area contributed by atoms with Crippen molar-refractivity contribution in [3.05, 3.63) is 87.5 Å². The maximum Gasteiger partial charge on any atom is 0.277 e. The first-order valence-corrected chi connectivity index (χ1v) is 10.3. The first-order valence-electron chi connectivity index (χ1n) is 9.19. The molecular weight excluding hydrogens is 495 g/mol. The second-order valence-electron chi connectivity index (χ2n) is 6.21. The number of hydrogen-bond acceptors (Lipinski definition) is 5. The molecule has 0 aromatic heterocycles. The van der Waals surface area contributed by atoms with Crippen molar-refractivity contribution in [2.45, 2.75) is 6.61 Å². The van der Waals surface area contributed by atoms with Crippen molar-refractivity contribution in [3.8, 4) is 17.2 Å². The summed E-state index contributed by atoms with van der Waals surface area (Å²) in [6, 6.07) is 22.6. The summed E-state index contributed by atoms with van der Waals surface area (Å²) in [5.41, 5.74) is 4.20. The molecule has 3 aromatic rings. The van der Waals surface area contributed by atoms with Crippen molar-refractivity contribution >= 4 is 34.7 Å². The van der Waals surface area contributed by atoms with Crippen molar-refractivity contribution in [2.24, 2.45) is 5.10 Å². The number of carbonyl (C=O) groups excluding carboxylic acids is 1. The third-order valence-electron chi connectivity index (χ3n) is 4.02. The molecule has 3 rings (SSSR count). The first kappa shape index (κ1) is 21.6. The van der Waals surface area contributed by atoms with Crippen LogP contribution >= 0.6 is 22.6 Å². The number of amides is 1. The van der Waals surface area contributed by atoms with Crippen LogP contribution < -0.4 is 19.6 Å². The maximum absolute atomic E-state index is 11.9. The van der Waals surface area contributed by atoms with Gasteiger partial charge in [0.05, 0.1) is 13.3 Å². The summed E-state index contributed by atoms with van der Waals surface area (Å²) >= 11 is 2.21. The smallest absolute Gasteiger partial charge is 0.277 e. The minimum Gasteiger partial charge on any atom is -0.497 e. The van der Waals surface area contributed by atoms with Gasteiger partial charge in [0.25, 0.3) is 5.91 Å². The van der Waals surface area contributed by atoms with E-state index in [1.807, 2.05) is 72.8 Å². The summed E-state index contributed by atoms with van der Waals surface area (Å²) < 4.78 is 17.7. The molecule has 0 atom stereocenters. The lowest BCUT2D eigenvalue weighted by atomic mass is 10.2. The molecule has 3 aromatic carbocycles. The number of nitrogens with zero attached hydrogens (tertiary/aromatic N) is 1. The summed E-state index contributed by atoms with van der Waals surface area (Å²) in [5.74, 6) is 1.72. The maximum atomic E-state index is 11.9. The molecule has 0 aliphatic heterocycles. The average Bonchev–Trinajstić information content (AvgIpc) is 2.78. The molecular formula is C23H21IN2O4. The number of rotatable bonds is 9. The Hall–Kier alpha value is -3.07. The van der Waals surface area contributed by atoms with Crippen LogP contribution in [-0.4, -0.2) is 25.8 Å². The lowest BCUT2D eigenvalue weighted by Gasteiger charge is -2.10. The minimum atomic E-state index is -0.348. The molecule has 0 heterocycles. The quantitative estimate of drug-likeness (QED) is 0.260. The molecule has 30 heavy (non-hydrogen) atoms. The van der Waals surface area contributed by atoms with E-state index >= 15 is 0 Å². The van der Waals surface area contributed by atoms with Crippen molar-refractivity contribution in [2.75, 3.05) is 13.7 Å². The van der Waals surface area contributed by atoms with Crippen LogP contribution in [0.3, 0.4) is 0 Å². The van der Waals surface area contributed by atoms with E-state index in [0.29, 0.717) is 18.1 Å². The van der Waals surface area contributed by atoms with Gasteiger partial charge in [0.1, 0.15) is 23.9 Å². The third-order valence-corrected chi connectivity index (χ3v) is 4.74. The van der Waals surface area contributed by atoms with E-state index in [1.165, 1.54) is 0 Å². The lowest BCUT2D eigenvalue weighted by molar-refractivity contribution is -0.123. The van der Waals surface area contributed by atoms with Gasteiger partial charge in [0, 0.05) is 9.13 Å². The molecule has 154 valence electrons. The Morgan fingerprint density at radius 2 is 1.80 bits per heavy atom. The molecule has 0 fully saturated rings. The second kappa shape index (κ2) is 11.2. The monoisotopic (exact) mass is 516 g/mol. The van der Waals surface area contributed by atoms with Gasteiger partial charge < -0.3 is 14.2 Å². The van der Waals surface area contributed by atoms with Crippen LogP contribution in [0.25, 0.3) is 0 Å². The van der Waals surface area contributed by atoms with Crippen LogP contribution in [0.5, 0.6) is 17.2 Å². The highest BCUT2D eigenvalue weighted by molar-refractivity contribution is 14.1. The number of nitrogens with one attached hydrogen (secondary N) is 1. The Balaban J connectivity index is 1.52. The van der Waals surface area contributed by atoms with Crippen LogP contribution in [0.4, 0.5) is 0 Å². The first-order chi connectivity index (χ1) is 14.6. The fourth-order valence-electron chi connectivity index (χ4n) is 2.53. The summed E-state index contributed by atoms with van der Waals surface area (Å²) in [6.07, 6.45) is 1.55. The molecule has 1 amide bonds. The van der Waals surface area contributed by atoms with E-state index in [4.69, 9.17) is 14.2 Å². The van der Waals surface area contributed by atoms with E-state index in [2.05, 4.69) is 33.1 Å². The van der Waals surface area contributed by atoms with Gasteiger partial charge >= 0.3 is 0 Å². The van der Waals surface area contributed by atoms with Crippen LogP contribution in [0.2, 0.25) is 0 Å². The van der Waals surface area contributed by atoms with Gasteiger partial charge in [-0.1, -0.05) is 24.3 Å². The highest BCUT2D eigenvalue weighted by Crippen LogP contribution is 2.19. The molecule has 0 aliphatic rings. The Kier molecular flexibility index (Phi) is 8.08.